The van der Waals surface area contributed by atoms with E-state index in [0.29, 0.717) is 11.4 Å². The van der Waals surface area contributed by atoms with Crippen LogP contribution in [0.4, 0.5) is 10.5 Å². The minimum Gasteiger partial charge on any atom is -0.481 e. The van der Waals surface area contributed by atoms with Gasteiger partial charge in [0, 0.05) is 18.8 Å². The van der Waals surface area contributed by atoms with Gasteiger partial charge in [0.2, 0.25) is 0 Å². The van der Waals surface area contributed by atoms with Crippen LogP contribution in [0.3, 0.4) is 0 Å². The van der Waals surface area contributed by atoms with Crippen molar-refractivity contribution in [3.8, 4) is 5.75 Å². The maximum Gasteiger partial charge on any atom is 0.321 e. The summed E-state index contributed by atoms with van der Waals surface area (Å²) in [7, 11) is 1.43. The Morgan fingerprint density at radius 2 is 2.06 bits per heavy atom. The van der Waals surface area contributed by atoms with Crippen LogP contribution in [0.2, 0.25) is 0 Å². The molecule has 98 valence electrons. The van der Waals surface area contributed by atoms with Gasteiger partial charge in [-0.25, -0.2) is 4.79 Å². The van der Waals surface area contributed by atoms with E-state index in [-0.39, 0.29) is 0 Å². The summed E-state index contributed by atoms with van der Waals surface area (Å²) in [6, 6.07) is 4.62. The van der Waals surface area contributed by atoms with Gasteiger partial charge in [-0.2, -0.15) is 0 Å². The van der Waals surface area contributed by atoms with E-state index < -0.39 is 18.0 Å². The molecular weight excluding hydrogens is 234 g/mol. The number of amides is 3. The van der Waals surface area contributed by atoms with Crippen LogP contribution in [0.1, 0.15) is 12.5 Å². The molecule has 0 aromatic heterocycles. The number of urea groups is 1. The molecule has 3 amide bonds. The minimum atomic E-state index is -0.789. The molecule has 0 spiro atoms. The van der Waals surface area contributed by atoms with Crippen molar-refractivity contribution < 1.29 is 14.3 Å². The molecule has 0 heterocycles. The van der Waals surface area contributed by atoms with Crippen molar-refractivity contribution in [2.75, 3.05) is 12.8 Å². The summed E-state index contributed by atoms with van der Waals surface area (Å²) in [4.78, 5) is 22.6. The van der Waals surface area contributed by atoms with Crippen LogP contribution >= 0.6 is 0 Å². The number of carbonyl (C=O) groups excluding carboxylic acids is 2. The van der Waals surface area contributed by atoms with Crippen LogP contribution in [-0.2, 0) is 4.79 Å². The van der Waals surface area contributed by atoms with E-state index in [9.17, 15) is 9.59 Å². The Morgan fingerprint density at radius 1 is 1.39 bits per heavy atom. The molecule has 1 aromatic rings. The smallest absolute Gasteiger partial charge is 0.321 e. The first-order chi connectivity index (χ1) is 8.43. The van der Waals surface area contributed by atoms with E-state index in [1.54, 1.807) is 25.1 Å². The third-order valence-corrected chi connectivity index (χ3v) is 2.35. The standard InChI is InChI=1S/C12H17N3O3/c1-7-4-5-9(13)6-10(7)18-8(2)11(16)15-12(17)14-3/h4-6,8H,13H2,1-3H3,(H2,14,15,16,17). The van der Waals surface area contributed by atoms with E-state index in [1.807, 2.05) is 6.92 Å². The van der Waals surface area contributed by atoms with Crippen molar-refractivity contribution in [2.45, 2.75) is 20.0 Å². The second kappa shape index (κ2) is 5.90. The number of benzene rings is 1. The van der Waals surface area contributed by atoms with Crippen LogP contribution in [0.5, 0.6) is 5.75 Å². The summed E-state index contributed by atoms with van der Waals surface area (Å²) in [6.45, 7) is 3.40. The van der Waals surface area contributed by atoms with Gasteiger partial charge in [-0.1, -0.05) is 6.07 Å². The molecule has 0 aliphatic rings. The van der Waals surface area contributed by atoms with Crippen LogP contribution in [0.15, 0.2) is 18.2 Å². The molecule has 6 nitrogen and oxygen atoms in total. The zero-order valence-corrected chi connectivity index (χ0v) is 10.6. The number of anilines is 1. The maximum absolute atomic E-state index is 11.6. The second-order valence-corrected chi connectivity index (χ2v) is 3.85. The molecular formula is C12H17N3O3. The highest BCUT2D eigenvalue weighted by molar-refractivity contribution is 5.96. The number of aryl methyl sites for hydroxylation is 1. The summed E-state index contributed by atoms with van der Waals surface area (Å²) >= 11 is 0. The van der Waals surface area contributed by atoms with E-state index in [2.05, 4.69) is 10.6 Å². The number of nitrogen functional groups attached to an aromatic ring is 1. The molecule has 1 unspecified atom stereocenters. The maximum atomic E-state index is 11.6. The van der Waals surface area contributed by atoms with Crippen LogP contribution in [0, 0.1) is 6.92 Å². The highest BCUT2D eigenvalue weighted by atomic mass is 16.5. The highest BCUT2D eigenvalue weighted by Crippen LogP contribution is 2.21. The number of rotatable bonds is 3. The fraction of sp³-hybridized carbons (Fsp3) is 0.333. The number of nitrogens with one attached hydrogen (secondary N) is 2. The average molecular weight is 251 g/mol. The Labute approximate surface area is 105 Å². The van der Waals surface area contributed by atoms with Crippen molar-refractivity contribution in [3.05, 3.63) is 23.8 Å². The zero-order chi connectivity index (χ0) is 13.7. The molecule has 18 heavy (non-hydrogen) atoms. The summed E-state index contributed by atoms with van der Waals surface area (Å²) in [5.41, 5.74) is 7.05. The van der Waals surface area contributed by atoms with Crippen molar-refractivity contribution in [3.63, 3.8) is 0 Å². The number of carbonyl (C=O) groups is 2. The van der Waals surface area contributed by atoms with Gasteiger partial charge in [0.25, 0.3) is 5.91 Å². The van der Waals surface area contributed by atoms with Crippen molar-refractivity contribution in [2.24, 2.45) is 0 Å². The lowest BCUT2D eigenvalue weighted by Gasteiger charge is -2.16. The minimum absolute atomic E-state index is 0.517. The number of hydrogen-bond donors (Lipinski definition) is 3. The van der Waals surface area contributed by atoms with Gasteiger partial charge in [-0.05, 0) is 25.5 Å². The molecule has 0 radical (unpaired) electrons. The second-order valence-electron chi connectivity index (χ2n) is 3.85. The lowest BCUT2D eigenvalue weighted by molar-refractivity contribution is -0.126. The lowest BCUT2D eigenvalue weighted by Crippen LogP contribution is -2.44. The predicted molar refractivity (Wildman–Crippen MR) is 68.3 cm³/mol. The SMILES string of the molecule is CNC(=O)NC(=O)C(C)Oc1cc(N)ccc1C. The number of ether oxygens (including phenoxy) is 1. The monoisotopic (exact) mass is 251 g/mol. The van der Waals surface area contributed by atoms with Crippen LogP contribution in [-0.4, -0.2) is 25.1 Å². The lowest BCUT2D eigenvalue weighted by atomic mass is 10.2. The molecule has 0 saturated carbocycles. The summed E-state index contributed by atoms with van der Waals surface area (Å²) in [5, 5.41) is 4.43. The molecule has 1 aromatic carbocycles. The molecule has 1 rings (SSSR count). The van der Waals surface area contributed by atoms with Gasteiger partial charge in [0.05, 0.1) is 0 Å². The Balaban J connectivity index is 2.69. The zero-order valence-electron chi connectivity index (χ0n) is 10.6. The van der Waals surface area contributed by atoms with Gasteiger partial charge in [0.1, 0.15) is 5.75 Å². The molecule has 1 atom stereocenters. The molecule has 0 aliphatic heterocycles. The predicted octanol–water partition coefficient (Wildman–Crippen LogP) is 0.800. The summed E-state index contributed by atoms with van der Waals surface area (Å²) in [5.74, 6) is 0.00531. The highest BCUT2D eigenvalue weighted by Gasteiger charge is 2.17. The van der Waals surface area contributed by atoms with Gasteiger partial charge >= 0.3 is 6.03 Å². The molecule has 6 heteroatoms. The molecule has 0 fully saturated rings. The van der Waals surface area contributed by atoms with Crippen molar-refractivity contribution >= 4 is 17.6 Å². The Bertz CT molecular complexity index is 460. The van der Waals surface area contributed by atoms with Crippen molar-refractivity contribution in [1.29, 1.82) is 0 Å². The Morgan fingerprint density at radius 3 is 2.67 bits per heavy atom. The molecule has 0 aliphatic carbocycles. The quantitative estimate of drug-likeness (QED) is 0.693. The number of nitrogens with two attached hydrogens (primary N) is 1. The fourth-order valence-corrected chi connectivity index (χ4v) is 1.26. The van der Waals surface area contributed by atoms with Crippen molar-refractivity contribution in [1.82, 2.24) is 10.6 Å². The summed E-state index contributed by atoms with van der Waals surface area (Å²) in [6.07, 6.45) is -0.789. The topological polar surface area (TPSA) is 93.5 Å². The first-order valence-corrected chi connectivity index (χ1v) is 5.49. The first-order valence-electron chi connectivity index (χ1n) is 5.49. The third-order valence-electron chi connectivity index (χ3n) is 2.35. The van der Waals surface area contributed by atoms with Gasteiger partial charge in [0.15, 0.2) is 6.10 Å². The van der Waals surface area contributed by atoms with Gasteiger partial charge < -0.3 is 15.8 Å². The average Bonchev–Trinajstić information content (AvgIpc) is 2.33. The van der Waals surface area contributed by atoms with Gasteiger partial charge in [-0.15, -0.1) is 0 Å². The normalized spacial score (nSPS) is 11.5. The van der Waals surface area contributed by atoms with Gasteiger partial charge in [-0.3, -0.25) is 10.1 Å². The Hall–Kier alpha value is -2.24. The van der Waals surface area contributed by atoms with E-state index in [0.717, 1.165) is 5.56 Å². The molecule has 4 N–H and O–H groups in total. The Kier molecular flexibility index (Phi) is 4.53. The molecule has 0 bridgehead atoms. The summed E-state index contributed by atoms with van der Waals surface area (Å²) < 4.78 is 5.46. The number of imide groups is 1. The van der Waals surface area contributed by atoms with E-state index in [4.69, 9.17) is 10.5 Å². The first kappa shape index (κ1) is 13.8. The van der Waals surface area contributed by atoms with Crippen LogP contribution < -0.4 is 21.1 Å². The fourth-order valence-electron chi connectivity index (χ4n) is 1.26. The van der Waals surface area contributed by atoms with E-state index in [1.165, 1.54) is 7.05 Å². The van der Waals surface area contributed by atoms with E-state index >= 15 is 0 Å². The molecule has 0 saturated heterocycles. The third kappa shape index (κ3) is 3.65. The largest absolute Gasteiger partial charge is 0.481 e. The number of hydrogen-bond acceptors (Lipinski definition) is 4. The van der Waals surface area contributed by atoms with Crippen LogP contribution in [0.25, 0.3) is 0 Å².